The molecular weight excluding hydrogens is 490 g/mol. The minimum atomic E-state index is -0.108. The molecule has 0 unspecified atom stereocenters. The maximum absolute atomic E-state index is 13.2. The summed E-state index contributed by atoms with van der Waals surface area (Å²) in [6, 6.07) is 19.7. The van der Waals surface area contributed by atoms with Gasteiger partial charge < -0.3 is 20.1 Å². The number of likely N-dealkylation sites (tertiary alicyclic amines) is 1. The first kappa shape index (κ1) is 25.4. The summed E-state index contributed by atoms with van der Waals surface area (Å²) in [4.78, 5) is 41.4. The van der Waals surface area contributed by atoms with Gasteiger partial charge in [-0.15, -0.1) is 0 Å². The zero-order valence-electron chi connectivity index (χ0n) is 22.4. The average Bonchev–Trinajstić information content (AvgIpc) is 3.31. The molecule has 1 aromatic heterocycles. The van der Waals surface area contributed by atoms with Gasteiger partial charge in [0.05, 0.1) is 5.54 Å². The number of nitrogens with zero attached hydrogens (tertiary/aromatic N) is 3. The van der Waals surface area contributed by atoms with Gasteiger partial charge in [0.25, 0.3) is 11.8 Å². The Morgan fingerprint density at radius 1 is 0.821 bits per heavy atom. The van der Waals surface area contributed by atoms with Crippen LogP contribution in [0.3, 0.4) is 0 Å². The van der Waals surface area contributed by atoms with E-state index in [1.807, 2.05) is 47.4 Å². The molecule has 1 saturated carbocycles. The van der Waals surface area contributed by atoms with E-state index in [4.69, 9.17) is 0 Å². The molecule has 2 N–H and O–H groups in total. The lowest BCUT2D eigenvalue weighted by Gasteiger charge is -2.53. The van der Waals surface area contributed by atoms with Crippen molar-refractivity contribution in [3.05, 3.63) is 88.7 Å². The van der Waals surface area contributed by atoms with Gasteiger partial charge in [0, 0.05) is 63.1 Å². The first-order chi connectivity index (χ1) is 18.9. The summed E-state index contributed by atoms with van der Waals surface area (Å²) in [7, 11) is 0. The van der Waals surface area contributed by atoms with Gasteiger partial charge in [-0.3, -0.25) is 19.3 Å². The summed E-state index contributed by atoms with van der Waals surface area (Å²) >= 11 is 0. The topological polar surface area (TPSA) is 86.7 Å². The van der Waals surface area contributed by atoms with Crippen molar-refractivity contribution in [3.8, 4) is 0 Å². The fourth-order valence-electron chi connectivity index (χ4n) is 6.08. The van der Waals surface area contributed by atoms with Crippen LogP contribution in [-0.2, 0) is 30.0 Å². The second-order valence-electron chi connectivity index (χ2n) is 11.0. The van der Waals surface area contributed by atoms with Gasteiger partial charge >= 0.3 is 0 Å². The zero-order valence-corrected chi connectivity index (χ0v) is 22.4. The molecule has 1 spiro atoms. The van der Waals surface area contributed by atoms with Crippen molar-refractivity contribution < 1.29 is 14.4 Å². The van der Waals surface area contributed by atoms with Gasteiger partial charge in [-0.2, -0.15) is 0 Å². The maximum atomic E-state index is 13.2. The number of aromatic nitrogens is 1. The van der Waals surface area contributed by atoms with Gasteiger partial charge in [-0.25, -0.2) is 0 Å². The van der Waals surface area contributed by atoms with Crippen LogP contribution in [0.15, 0.2) is 60.7 Å². The first-order valence-corrected chi connectivity index (χ1v) is 13.9. The molecule has 0 bridgehead atoms. The third-order valence-corrected chi connectivity index (χ3v) is 8.51. The molecule has 2 aromatic carbocycles. The number of carbonyl (C=O) groups is 3. The predicted octanol–water partition coefficient (Wildman–Crippen LogP) is 4.12. The summed E-state index contributed by atoms with van der Waals surface area (Å²) in [6.45, 7) is 6.11. The van der Waals surface area contributed by atoms with E-state index in [2.05, 4.69) is 38.3 Å². The molecule has 3 heterocycles. The van der Waals surface area contributed by atoms with Crippen molar-refractivity contribution in [2.75, 3.05) is 25.0 Å². The van der Waals surface area contributed by atoms with Gasteiger partial charge in [-0.05, 0) is 73.2 Å². The summed E-state index contributed by atoms with van der Waals surface area (Å²) in [5.41, 5.74) is 5.59. The van der Waals surface area contributed by atoms with Crippen molar-refractivity contribution in [3.63, 3.8) is 0 Å². The second-order valence-corrected chi connectivity index (χ2v) is 11.0. The molecule has 8 heteroatoms. The van der Waals surface area contributed by atoms with Crippen LogP contribution in [0.5, 0.6) is 0 Å². The molecule has 0 atom stereocenters. The number of fused-ring (bicyclic) bond motifs is 2. The molecular formula is C31H35N5O3. The molecule has 3 amide bonds. The number of hydrogen-bond acceptors (Lipinski definition) is 4. The van der Waals surface area contributed by atoms with Gasteiger partial charge in [0.1, 0.15) is 5.69 Å². The Morgan fingerprint density at radius 3 is 2.15 bits per heavy atom. The number of rotatable bonds is 7. The Labute approximate surface area is 229 Å². The molecule has 3 aromatic rings. The Bertz CT molecular complexity index is 1380. The first-order valence-electron chi connectivity index (χ1n) is 13.9. The Hall–Kier alpha value is -3.91. The van der Waals surface area contributed by atoms with Crippen LogP contribution >= 0.6 is 0 Å². The van der Waals surface area contributed by atoms with Crippen molar-refractivity contribution in [1.82, 2.24) is 19.7 Å². The predicted molar refractivity (Wildman–Crippen MR) is 149 cm³/mol. The molecule has 39 heavy (non-hydrogen) atoms. The number of carbonyl (C=O) groups excluding carboxylic acids is 3. The molecule has 3 aliphatic rings. The maximum Gasteiger partial charge on any atom is 0.268 e. The van der Waals surface area contributed by atoms with E-state index in [9.17, 15) is 14.4 Å². The van der Waals surface area contributed by atoms with Gasteiger partial charge in [0.2, 0.25) is 5.91 Å². The van der Waals surface area contributed by atoms with Crippen LogP contribution in [0.4, 0.5) is 5.69 Å². The molecule has 1 aliphatic carbocycles. The monoisotopic (exact) mass is 525 g/mol. The Balaban J connectivity index is 1.12. The van der Waals surface area contributed by atoms with Crippen molar-refractivity contribution in [2.24, 2.45) is 0 Å². The SMILES string of the molecule is CC(=O)Nc1ccc(CNC(=O)c2ccc3n2CCN(Cc2ccc(C(=O)N4CCC4)cc2)C32CCC2)cc1. The van der Waals surface area contributed by atoms with E-state index in [1.165, 1.54) is 24.6 Å². The third kappa shape index (κ3) is 4.85. The van der Waals surface area contributed by atoms with Crippen molar-refractivity contribution in [1.29, 1.82) is 0 Å². The minimum absolute atomic E-state index is 0.0392. The van der Waals surface area contributed by atoms with E-state index in [-0.39, 0.29) is 23.3 Å². The van der Waals surface area contributed by atoms with E-state index in [0.29, 0.717) is 12.2 Å². The number of amides is 3. The van der Waals surface area contributed by atoms with Crippen molar-refractivity contribution in [2.45, 2.75) is 57.8 Å². The van der Waals surface area contributed by atoms with Crippen molar-refractivity contribution >= 4 is 23.4 Å². The second kappa shape index (κ2) is 10.3. The van der Waals surface area contributed by atoms with Crippen LogP contribution in [0, 0.1) is 0 Å². The standard InChI is InChI=1S/C31H35N5O3/c1-22(37)33-26-10-6-23(7-11-26)20-32-29(38)27-12-13-28-31(14-2-15-31)35(18-19-36(27)28)21-24-4-8-25(9-5-24)30(39)34-16-3-17-34/h4-13H,2-3,14-21H2,1H3,(H,32,38)(H,33,37). The van der Waals surface area contributed by atoms with Crippen LogP contribution in [0.25, 0.3) is 0 Å². The molecule has 8 nitrogen and oxygen atoms in total. The number of hydrogen-bond donors (Lipinski definition) is 2. The quantitative estimate of drug-likeness (QED) is 0.486. The highest BCUT2D eigenvalue weighted by Gasteiger charge is 2.48. The van der Waals surface area contributed by atoms with E-state index in [0.717, 1.165) is 68.8 Å². The van der Waals surface area contributed by atoms with E-state index >= 15 is 0 Å². The summed E-state index contributed by atoms with van der Waals surface area (Å²) in [5.74, 6) is -0.0479. The Kier molecular flexibility index (Phi) is 6.73. The smallest absolute Gasteiger partial charge is 0.268 e. The van der Waals surface area contributed by atoms with Crippen LogP contribution in [-0.4, -0.2) is 51.7 Å². The highest BCUT2D eigenvalue weighted by atomic mass is 16.2. The summed E-state index contributed by atoms with van der Waals surface area (Å²) < 4.78 is 2.21. The fourth-order valence-corrected chi connectivity index (χ4v) is 6.08. The normalized spacial score (nSPS) is 17.6. The number of anilines is 1. The minimum Gasteiger partial charge on any atom is -0.347 e. The van der Waals surface area contributed by atoms with Gasteiger partial charge in [-0.1, -0.05) is 24.3 Å². The summed E-state index contributed by atoms with van der Waals surface area (Å²) in [6.07, 6.45) is 4.45. The molecule has 0 radical (unpaired) electrons. The average molecular weight is 526 g/mol. The molecule has 2 aliphatic heterocycles. The lowest BCUT2D eigenvalue weighted by molar-refractivity contribution is -0.114. The van der Waals surface area contributed by atoms with E-state index in [1.54, 1.807) is 0 Å². The zero-order chi connectivity index (χ0) is 27.0. The fraction of sp³-hybridized carbons (Fsp3) is 0.387. The third-order valence-electron chi connectivity index (χ3n) is 8.51. The van der Waals surface area contributed by atoms with Crippen LogP contribution in [0.1, 0.15) is 70.3 Å². The number of nitrogens with one attached hydrogen (secondary N) is 2. The molecule has 1 saturated heterocycles. The molecule has 202 valence electrons. The molecule has 6 rings (SSSR count). The Morgan fingerprint density at radius 2 is 1.54 bits per heavy atom. The van der Waals surface area contributed by atoms with Crippen LogP contribution < -0.4 is 10.6 Å². The highest BCUT2D eigenvalue weighted by molar-refractivity contribution is 5.94. The largest absolute Gasteiger partial charge is 0.347 e. The lowest BCUT2D eigenvalue weighted by atomic mass is 9.71. The summed E-state index contributed by atoms with van der Waals surface area (Å²) in [5, 5.41) is 5.82. The molecule has 2 fully saturated rings. The van der Waals surface area contributed by atoms with Crippen LogP contribution in [0.2, 0.25) is 0 Å². The van der Waals surface area contributed by atoms with Gasteiger partial charge in [0.15, 0.2) is 0 Å². The lowest BCUT2D eigenvalue weighted by Crippen LogP contribution is -2.56. The highest BCUT2D eigenvalue weighted by Crippen LogP contribution is 2.49. The number of benzene rings is 2. The van der Waals surface area contributed by atoms with E-state index < -0.39 is 0 Å².